The van der Waals surface area contributed by atoms with Crippen molar-refractivity contribution in [2.24, 2.45) is 41.4 Å². The van der Waals surface area contributed by atoms with Crippen LogP contribution in [0.25, 0.3) is 0 Å². The first kappa shape index (κ1) is 89.9. The van der Waals surface area contributed by atoms with Crippen LogP contribution in [0.15, 0.2) is 0 Å². The minimum atomic E-state index is -5.22. The number of hydrogen-bond acceptors (Lipinski definition) is 14. The van der Waals surface area contributed by atoms with Gasteiger partial charge in [0, 0.05) is 81.5 Å². The van der Waals surface area contributed by atoms with Crippen LogP contribution in [0, 0.1) is 41.4 Å². The molecule has 9 aliphatic rings. The van der Waals surface area contributed by atoms with Gasteiger partial charge in [-0.3, -0.25) is 57.5 Å². The molecule has 638 valence electrons. The molecule has 34 heteroatoms. The molecule has 5 saturated carbocycles. The molecule has 3 N–H and O–H groups in total. The number of nitrogens with zero attached hydrogens (tertiary/aromatic N) is 9. The molecular weight excluding hydrogens is 1490 g/mol. The lowest BCUT2D eigenvalue weighted by Crippen LogP contribution is -2.68. The molecule has 4 heterocycles. The number of rotatable bonds is 13. The molecule has 0 radical (unpaired) electrons. The van der Waals surface area contributed by atoms with Gasteiger partial charge in [0.1, 0.15) is 72.1 Å². The number of amides is 12. The maximum absolute atomic E-state index is 15.8. The lowest BCUT2D eigenvalue weighted by atomic mass is 9.74. The first-order chi connectivity index (χ1) is 53.4. The van der Waals surface area contributed by atoms with Gasteiger partial charge in [-0.25, -0.2) is 8.78 Å². The summed E-state index contributed by atoms with van der Waals surface area (Å²) >= 11 is 0. The standard InChI is InChI=1S/C79H122F8N12O14/c1-10-47(3)66-74(109)92(5)46-64(102)93(6)57-24-13-12-18-33-98(73(57)108)61(41-49-25-28-52(29-26-49)78(82,83)84)71(106)91(4)45-62(100)88-56(30-27-50-38-54(80)65(55(81)39-50)79(85,86)87)70(105)99-44-53(113-11-2)42-59(99)69(104)90-77(31-19-32-77)76(111)96(9)67(51-22-16-17-23-51)75(110)95(8)60(72(107)97-34-36-112-37-35-97)43-63(101)94(7)58(68(103)89-66)40-48-20-14-15-21-48/h47-61,65-67H,10-46H2,1-9H3,(H,88,100)(H,89,103)(H,90,104)/t47-,49?,50?,52?,53+,54?,55?,56-,57-,58-,59-,60-,61-,65?,66-,67-/m0/s1. The van der Waals surface area contributed by atoms with Gasteiger partial charge in [0.15, 0.2) is 0 Å². The Bertz CT molecular complexity index is 3340. The predicted octanol–water partition coefficient (Wildman–Crippen LogP) is 6.88. The Morgan fingerprint density at radius 2 is 1.17 bits per heavy atom. The number of carbonyl (C=O) groups excluding carboxylic acids is 12. The fourth-order valence-electron chi connectivity index (χ4n) is 19.1. The van der Waals surface area contributed by atoms with Gasteiger partial charge in [0.2, 0.25) is 70.9 Å². The number of fused-ring (bicyclic) bond motifs is 3. The topological polar surface area (TPSA) is 289 Å². The third-order valence-electron chi connectivity index (χ3n) is 26.4. The summed E-state index contributed by atoms with van der Waals surface area (Å²) in [6.45, 7) is 3.99. The van der Waals surface area contributed by atoms with E-state index in [-0.39, 0.29) is 123 Å². The SMILES string of the molecule is CCO[C@@H]1C[C@H]2C(=O)NC3(CCC3)C(=O)N(C)[C@@H](C3CCCC3)C(=O)N(C)[C@H](C(=O)N3CCOCC3)CC(=O)N(C)[C@@H](CC3CCCC3)C(=O)N[C@@H]([C@@H](C)CC)C(=O)N(C)CC(=O)N(C)[C@H]3CCCCCN(C3=O)[C@@H](CC3CCC(C(F)(F)F)CC3)C(=O)N(C)CC(=O)N[C@@H](CCC3CC(F)C(C(F)(F)F)C(F)C3)C(=O)N2C1. The summed E-state index contributed by atoms with van der Waals surface area (Å²) in [6.07, 6.45) is -11.8. The van der Waals surface area contributed by atoms with Gasteiger partial charge in [-0.05, 0) is 146 Å². The van der Waals surface area contributed by atoms with Crippen molar-refractivity contribution in [2.45, 2.75) is 285 Å². The zero-order valence-electron chi connectivity index (χ0n) is 67.3. The van der Waals surface area contributed by atoms with Crippen molar-refractivity contribution in [3.8, 4) is 0 Å². The van der Waals surface area contributed by atoms with E-state index in [4.69, 9.17) is 9.47 Å². The van der Waals surface area contributed by atoms with Crippen LogP contribution in [-0.4, -0.2) is 301 Å². The summed E-state index contributed by atoms with van der Waals surface area (Å²) in [4.78, 5) is 195. The van der Waals surface area contributed by atoms with Crippen molar-refractivity contribution in [3.05, 3.63) is 0 Å². The molecule has 26 nitrogen and oxygen atoms in total. The van der Waals surface area contributed by atoms with Crippen LogP contribution in [0.3, 0.4) is 0 Å². The second-order valence-electron chi connectivity index (χ2n) is 34.0. The van der Waals surface area contributed by atoms with E-state index in [1.807, 2.05) is 0 Å². The highest BCUT2D eigenvalue weighted by Crippen LogP contribution is 2.46. The molecule has 2 bridgehead atoms. The average molecular weight is 1620 g/mol. The Hall–Kier alpha value is -7.00. The maximum Gasteiger partial charge on any atom is 0.397 e. The molecular formula is C79H122F8N12O14. The van der Waals surface area contributed by atoms with Crippen molar-refractivity contribution in [3.63, 3.8) is 0 Å². The largest absolute Gasteiger partial charge is 0.397 e. The highest BCUT2D eigenvalue weighted by molar-refractivity contribution is 6.01. The minimum Gasteiger partial charge on any atom is -0.378 e. The lowest BCUT2D eigenvalue weighted by molar-refractivity contribution is -0.219. The van der Waals surface area contributed by atoms with E-state index >= 15 is 56.7 Å². The molecule has 113 heavy (non-hydrogen) atoms. The van der Waals surface area contributed by atoms with Gasteiger partial charge in [-0.15, -0.1) is 0 Å². The van der Waals surface area contributed by atoms with E-state index in [1.54, 1.807) is 20.8 Å². The molecule has 0 aromatic rings. The normalized spacial score (nSPS) is 32.6. The summed E-state index contributed by atoms with van der Waals surface area (Å²) in [7, 11) is 8.23. The third kappa shape index (κ3) is 21.8. The summed E-state index contributed by atoms with van der Waals surface area (Å²) in [5, 5.41) is 8.56. The second kappa shape index (κ2) is 39.3. The lowest BCUT2D eigenvalue weighted by Gasteiger charge is -2.47. The van der Waals surface area contributed by atoms with Gasteiger partial charge in [-0.1, -0.05) is 71.6 Å². The number of carbonyl (C=O) groups is 12. The Kier molecular flexibility index (Phi) is 31.3. The van der Waals surface area contributed by atoms with Crippen LogP contribution in [-0.2, 0) is 67.0 Å². The Morgan fingerprint density at radius 1 is 0.566 bits per heavy atom. The molecule has 4 saturated heterocycles. The summed E-state index contributed by atoms with van der Waals surface area (Å²) in [5.41, 5.74) is -1.70. The van der Waals surface area contributed by atoms with Crippen molar-refractivity contribution in [1.82, 2.24) is 60.0 Å². The summed E-state index contributed by atoms with van der Waals surface area (Å²) in [6, 6.07) is -11.2. The van der Waals surface area contributed by atoms with Gasteiger partial charge in [-0.2, -0.15) is 26.3 Å². The fraction of sp³-hybridized carbons (Fsp3) is 0.848. The van der Waals surface area contributed by atoms with Crippen molar-refractivity contribution in [2.75, 3.05) is 101 Å². The molecule has 0 aromatic carbocycles. The van der Waals surface area contributed by atoms with Crippen LogP contribution < -0.4 is 16.0 Å². The molecule has 1 spiro atoms. The van der Waals surface area contributed by atoms with Crippen molar-refractivity contribution in [1.29, 1.82) is 0 Å². The smallest absolute Gasteiger partial charge is 0.378 e. The van der Waals surface area contributed by atoms with Crippen molar-refractivity contribution < 1.29 is 102 Å². The monoisotopic (exact) mass is 1610 g/mol. The molecule has 0 aromatic heterocycles. The molecule has 5 aliphatic carbocycles. The number of morpholine rings is 1. The van der Waals surface area contributed by atoms with E-state index in [0.717, 1.165) is 40.4 Å². The van der Waals surface area contributed by atoms with Crippen LogP contribution >= 0.6 is 0 Å². The number of alkyl halides is 8. The maximum atomic E-state index is 15.8. The number of halogens is 8. The Labute approximate surface area is 658 Å². The van der Waals surface area contributed by atoms with Crippen LogP contribution in [0.5, 0.6) is 0 Å². The molecule has 2 unspecified atom stereocenters. The van der Waals surface area contributed by atoms with E-state index in [1.165, 1.54) is 71.7 Å². The zero-order chi connectivity index (χ0) is 82.7. The van der Waals surface area contributed by atoms with Gasteiger partial charge >= 0.3 is 12.4 Å². The molecule has 12 amide bonds. The zero-order valence-corrected chi connectivity index (χ0v) is 67.3. The highest BCUT2D eigenvalue weighted by Gasteiger charge is 2.57. The Balaban J connectivity index is 1.11. The highest BCUT2D eigenvalue weighted by atomic mass is 19.4. The van der Waals surface area contributed by atoms with Crippen molar-refractivity contribution >= 4 is 70.9 Å². The van der Waals surface area contributed by atoms with Crippen LogP contribution in [0.1, 0.15) is 201 Å². The van der Waals surface area contributed by atoms with Gasteiger partial charge < -0.3 is 69.5 Å². The van der Waals surface area contributed by atoms with E-state index in [0.29, 0.717) is 57.8 Å². The second-order valence-corrected chi connectivity index (χ2v) is 34.0. The molecule has 9 fully saturated rings. The Morgan fingerprint density at radius 3 is 1.76 bits per heavy atom. The summed E-state index contributed by atoms with van der Waals surface area (Å²) in [5.74, 6) is -16.4. The molecule has 9 rings (SSSR count). The quantitative estimate of drug-likeness (QED) is 0.159. The number of likely N-dealkylation sites (N-methyl/N-ethyl adjacent to an activating group) is 6. The molecule has 4 aliphatic heterocycles. The number of ether oxygens (including phenoxy) is 2. The first-order valence-corrected chi connectivity index (χ1v) is 41.4. The number of hydrogen-bond donors (Lipinski definition) is 3. The first-order valence-electron chi connectivity index (χ1n) is 41.4. The average Bonchev–Trinajstić information content (AvgIpc) is 1.71. The number of nitrogens with one attached hydrogen (secondary N) is 3. The predicted molar refractivity (Wildman–Crippen MR) is 397 cm³/mol. The third-order valence-corrected chi connectivity index (χ3v) is 26.4. The van der Waals surface area contributed by atoms with E-state index < -0.39 is 230 Å². The molecule has 12 atom stereocenters. The minimum absolute atomic E-state index is 0.0104. The van der Waals surface area contributed by atoms with E-state index in [2.05, 4.69) is 16.0 Å². The van der Waals surface area contributed by atoms with Gasteiger partial charge in [0.25, 0.3) is 0 Å². The van der Waals surface area contributed by atoms with Crippen LogP contribution in [0.4, 0.5) is 35.1 Å². The van der Waals surface area contributed by atoms with Crippen LogP contribution in [0.2, 0.25) is 0 Å². The summed E-state index contributed by atoms with van der Waals surface area (Å²) < 4.78 is 127. The van der Waals surface area contributed by atoms with E-state index in [9.17, 15) is 35.9 Å². The fourth-order valence-corrected chi connectivity index (χ4v) is 19.1. The van der Waals surface area contributed by atoms with Gasteiger partial charge in [0.05, 0.1) is 44.7 Å².